The molecule has 1 fully saturated rings. The van der Waals surface area contributed by atoms with Gasteiger partial charge in [-0.2, -0.15) is 8.78 Å². The van der Waals surface area contributed by atoms with Crippen molar-refractivity contribution >= 4 is 12.1 Å². The number of nitrogens with one attached hydrogen (secondary N) is 1. The second-order valence-electron chi connectivity index (χ2n) is 6.69. The van der Waals surface area contributed by atoms with Gasteiger partial charge in [0.2, 0.25) is 0 Å². The number of anilines is 1. The van der Waals surface area contributed by atoms with E-state index < -0.39 is 23.5 Å². The van der Waals surface area contributed by atoms with Crippen molar-refractivity contribution in [1.29, 1.82) is 0 Å². The summed E-state index contributed by atoms with van der Waals surface area (Å²) >= 11 is 0. The second kappa shape index (κ2) is 6.29. The predicted molar refractivity (Wildman–Crippen MR) is 78.5 cm³/mol. The number of hydrogen-bond acceptors (Lipinski definition) is 6. The normalized spacial score (nSPS) is 17.2. The lowest BCUT2D eigenvalue weighted by atomic mass is 10.1. The molecule has 0 radical (unpaired) electrons. The molecule has 9 heteroatoms. The molecule has 0 saturated carbocycles. The maximum Gasteiger partial charge on any atom is 0.407 e. The fourth-order valence-electron chi connectivity index (χ4n) is 2.21. The van der Waals surface area contributed by atoms with E-state index in [2.05, 4.69) is 15.5 Å². The van der Waals surface area contributed by atoms with Crippen LogP contribution in [0.3, 0.4) is 0 Å². The Morgan fingerprint density at radius 3 is 2.35 bits per heavy atom. The third kappa shape index (κ3) is 5.04. The maximum absolute atomic E-state index is 13.1. The van der Waals surface area contributed by atoms with Crippen LogP contribution in [0.15, 0.2) is 4.42 Å². The third-order valence-electron chi connectivity index (χ3n) is 3.28. The van der Waals surface area contributed by atoms with Crippen LogP contribution in [0.25, 0.3) is 0 Å². The van der Waals surface area contributed by atoms with E-state index in [1.165, 1.54) is 0 Å². The number of aromatic nitrogens is 2. The first kappa shape index (κ1) is 17.4. The molecule has 1 amide bonds. The molecule has 2 heterocycles. The van der Waals surface area contributed by atoms with Crippen LogP contribution in [-0.2, 0) is 10.7 Å². The van der Waals surface area contributed by atoms with Gasteiger partial charge in [-0.15, -0.1) is 5.10 Å². The molecule has 0 bridgehead atoms. The Labute approximate surface area is 133 Å². The lowest BCUT2D eigenvalue weighted by Crippen LogP contribution is -2.46. The summed E-state index contributed by atoms with van der Waals surface area (Å²) in [6, 6.07) is 0.0494. The van der Waals surface area contributed by atoms with Gasteiger partial charge in [0, 0.05) is 26.1 Å². The molecule has 2 rings (SSSR count). The number of carbonyl (C=O) groups excluding carboxylic acids is 1. The number of halogens is 2. The van der Waals surface area contributed by atoms with Gasteiger partial charge in [0.05, 0.1) is 0 Å². The molecule has 0 atom stereocenters. The summed E-state index contributed by atoms with van der Waals surface area (Å²) in [5.41, 5.74) is -0.545. The van der Waals surface area contributed by atoms with E-state index in [0.29, 0.717) is 32.9 Å². The van der Waals surface area contributed by atoms with Crippen LogP contribution < -0.4 is 10.2 Å². The van der Waals surface area contributed by atoms with Crippen molar-refractivity contribution in [3.63, 3.8) is 0 Å². The Morgan fingerprint density at radius 1 is 1.26 bits per heavy atom. The van der Waals surface area contributed by atoms with Crippen LogP contribution in [-0.4, -0.2) is 41.0 Å². The zero-order chi connectivity index (χ0) is 17.3. The summed E-state index contributed by atoms with van der Waals surface area (Å²) in [7, 11) is 0. The van der Waals surface area contributed by atoms with E-state index in [-0.39, 0.29) is 12.1 Å². The highest BCUT2D eigenvalue weighted by atomic mass is 19.3. The van der Waals surface area contributed by atoms with Gasteiger partial charge in [0.15, 0.2) is 0 Å². The first-order valence-electron chi connectivity index (χ1n) is 7.51. The highest BCUT2D eigenvalue weighted by Crippen LogP contribution is 2.28. The highest BCUT2D eigenvalue weighted by molar-refractivity contribution is 5.68. The van der Waals surface area contributed by atoms with Crippen molar-refractivity contribution in [2.75, 3.05) is 18.0 Å². The molecule has 23 heavy (non-hydrogen) atoms. The summed E-state index contributed by atoms with van der Waals surface area (Å²) in [4.78, 5) is 13.5. The number of rotatable bonds is 3. The number of carbonyl (C=O) groups is 1. The maximum atomic E-state index is 13.1. The Bertz CT molecular complexity index is 543. The summed E-state index contributed by atoms with van der Waals surface area (Å²) in [6.07, 6.45) is 0.820. The van der Waals surface area contributed by atoms with E-state index in [1.54, 1.807) is 25.7 Å². The van der Waals surface area contributed by atoms with Gasteiger partial charge in [0.1, 0.15) is 5.60 Å². The summed E-state index contributed by atoms with van der Waals surface area (Å²) < 4.78 is 36.4. The van der Waals surface area contributed by atoms with Gasteiger partial charge in [0.25, 0.3) is 5.89 Å². The van der Waals surface area contributed by atoms with Gasteiger partial charge >= 0.3 is 18.0 Å². The van der Waals surface area contributed by atoms with E-state index in [0.717, 1.165) is 0 Å². The van der Waals surface area contributed by atoms with E-state index in [4.69, 9.17) is 9.15 Å². The molecule has 1 aliphatic rings. The van der Waals surface area contributed by atoms with Crippen molar-refractivity contribution in [1.82, 2.24) is 15.5 Å². The molecular weight excluding hydrogens is 310 g/mol. The zero-order valence-corrected chi connectivity index (χ0v) is 13.7. The lowest BCUT2D eigenvalue weighted by molar-refractivity contribution is -0.0107. The van der Waals surface area contributed by atoms with Crippen LogP contribution in [0.1, 0.15) is 46.4 Å². The Kier molecular flexibility index (Phi) is 4.76. The van der Waals surface area contributed by atoms with Gasteiger partial charge in [-0.05, 0) is 33.6 Å². The average molecular weight is 332 g/mol. The first-order valence-corrected chi connectivity index (χ1v) is 7.51. The molecule has 1 aromatic heterocycles. The Morgan fingerprint density at radius 2 is 1.87 bits per heavy atom. The van der Waals surface area contributed by atoms with Crippen molar-refractivity contribution in [3.05, 3.63) is 5.89 Å². The monoisotopic (exact) mass is 332 g/mol. The molecular formula is C14H22F2N4O3. The SMILES string of the molecule is CC(C)(C)OC(=O)NC1CCN(c2nnc(C(C)(F)F)o2)CC1. The van der Waals surface area contributed by atoms with Gasteiger partial charge in [-0.25, -0.2) is 4.79 Å². The van der Waals surface area contributed by atoms with Crippen LogP contribution in [0, 0.1) is 0 Å². The number of alkyl halides is 2. The Balaban J connectivity index is 1.84. The minimum Gasteiger partial charge on any atom is -0.444 e. The van der Waals surface area contributed by atoms with Crippen molar-refractivity contribution in [2.24, 2.45) is 0 Å². The zero-order valence-electron chi connectivity index (χ0n) is 13.7. The van der Waals surface area contributed by atoms with E-state index in [9.17, 15) is 13.6 Å². The fourth-order valence-corrected chi connectivity index (χ4v) is 2.21. The summed E-state index contributed by atoms with van der Waals surface area (Å²) in [5.74, 6) is -3.84. The van der Waals surface area contributed by atoms with Crippen molar-refractivity contribution < 1.29 is 22.7 Å². The molecule has 7 nitrogen and oxygen atoms in total. The van der Waals surface area contributed by atoms with Gasteiger partial charge in [-0.3, -0.25) is 0 Å². The molecule has 1 N–H and O–H groups in total. The number of alkyl carbamates (subject to hydrolysis) is 1. The topological polar surface area (TPSA) is 80.5 Å². The number of amides is 1. The van der Waals surface area contributed by atoms with Crippen molar-refractivity contribution in [3.8, 4) is 0 Å². The van der Waals surface area contributed by atoms with Crippen molar-refractivity contribution in [2.45, 2.75) is 58.1 Å². The average Bonchev–Trinajstić information content (AvgIpc) is 2.86. The number of nitrogens with zero attached hydrogens (tertiary/aromatic N) is 3. The molecule has 130 valence electrons. The van der Waals surface area contributed by atoms with E-state index in [1.807, 2.05) is 0 Å². The minimum atomic E-state index is -3.15. The third-order valence-corrected chi connectivity index (χ3v) is 3.28. The fraction of sp³-hybridized carbons (Fsp3) is 0.786. The lowest BCUT2D eigenvalue weighted by Gasteiger charge is -2.31. The number of hydrogen-bond donors (Lipinski definition) is 1. The van der Waals surface area contributed by atoms with Crippen LogP contribution in [0.4, 0.5) is 19.6 Å². The molecule has 1 aliphatic heterocycles. The van der Waals surface area contributed by atoms with Gasteiger partial charge < -0.3 is 19.4 Å². The largest absolute Gasteiger partial charge is 0.444 e. The molecule has 0 spiro atoms. The smallest absolute Gasteiger partial charge is 0.407 e. The first-order chi connectivity index (χ1) is 10.5. The molecule has 1 aromatic rings. The highest BCUT2D eigenvalue weighted by Gasteiger charge is 2.33. The van der Waals surface area contributed by atoms with Crippen LogP contribution in [0.5, 0.6) is 0 Å². The van der Waals surface area contributed by atoms with E-state index >= 15 is 0 Å². The quantitative estimate of drug-likeness (QED) is 0.916. The molecule has 1 saturated heterocycles. The standard InChI is InChI=1S/C14H22F2N4O3/c1-13(2,3)23-12(21)17-9-5-7-20(8-6-9)11-19-18-10(22-11)14(4,15)16/h9H,5-8H2,1-4H3,(H,17,21). The summed E-state index contributed by atoms with van der Waals surface area (Å²) in [6.45, 7) is 7.15. The number of ether oxygens (including phenoxy) is 1. The predicted octanol–water partition coefficient (Wildman–Crippen LogP) is 2.67. The minimum absolute atomic E-state index is 0.0314. The van der Waals surface area contributed by atoms with Crippen LogP contribution >= 0.6 is 0 Å². The summed E-state index contributed by atoms with van der Waals surface area (Å²) in [5, 5.41) is 9.83. The van der Waals surface area contributed by atoms with Gasteiger partial charge in [-0.1, -0.05) is 5.10 Å². The van der Waals surface area contributed by atoms with Crippen LogP contribution in [0.2, 0.25) is 0 Å². The molecule has 0 aromatic carbocycles. The molecule has 0 aliphatic carbocycles. The Hall–Kier alpha value is -1.93. The second-order valence-corrected chi connectivity index (χ2v) is 6.69. The number of piperidine rings is 1. The molecule has 0 unspecified atom stereocenters.